The summed E-state index contributed by atoms with van der Waals surface area (Å²) in [7, 11) is 1.52. The number of hydrogen-bond donors (Lipinski definition) is 1. The molecule has 4 nitrogen and oxygen atoms in total. The normalized spacial score (nSPS) is 13.4. The van der Waals surface area contributed by atoms with Crippen molar-refractivity contribution in [2.75, 3.05) is 7.11 Å². The minimum absolute atomic E-state index is 0.151. The van der Waals surface area contributed by atoms with E-state index in [2.05, 4.69) is 5.32 Å². The number of benzene rings is 1. The van der Waals surface area contributed by atoms with Crippen LogP contribution in [0.3, 0.4) is 0 Å². The van der Waals surface area contributed by atoms with Crippen molar-refractivity contribution in [3.8, 4) is 5.75 Å². The molecule has 0 saturated heterocycles. The second-order valence-electron chi connectivity index (χ2n) is 3.05. The van der Waals surface area contributed by atoms with Gasteiger partial charge in [-0.15, -0.1) is 0 Å². The van der Waals surface area contributed by atoms with Crippen LogP contribution in [0.5, 0.6) is 5.75 Å². The molecular weight excluding hydrogens is 182 g/mol. The van der Waals surface area contributed by atoms with Crippen molar-refractivity contribution in [1.29, 1.82) is 0 Å². The van der Waals surface area contributed by atoms with E-state index in [1.54, 1.807) is 12.1 Å². The number of rotatable bonds is 2. The van der Waals surface area contributed by atoms with Crippen molar-refractivity contribution < 1.29 is 14.3 Å². The number of methoxy groups -OCH3 is 1. The number of amides is 1. The molecule has 1 N–H and O–H groups in total. The summed E-state index contributed by atoms with van der Waals surface area (Å²) in [6, 6.07) is 3.21. The Bertz CT molecular complexity index is 412. The lowest BCUT2D eigenvalue weighted by Crippen LogP contribution is -2.12. The van der Waals surface area contributed by atoms with Crippen LogP contribution in [0.25, 0.3) is 0 Å². The lowest BCUT2D eigenvalue weighted by molar-refractivity contribution is 0.0965. The largest absolute Gasteiger partial charge is 0.496 e. The van der Waals surface area contributed by atoms with E-state index in [4.69, 9.17) is 4.74 Å². The Hall–Kier alpha value is -1.84. The maximum Gasteiger partial charge on any atom is 0.252 e. The lowest BCUT2D eigenvalue weighted by atomic mass is 10.1. The summed E-state index contributed by atoms with van der Waals surface area (Å²) in [6.45, 7) is 0.469. The van der Waals surface area contributed by atoms with Crippen LogP contribution in [-0.2, 0) is 6.54 Å². The minimum atomic E-state index is -0.151. The van der Waals surface area contributed by atoms with Crippen LogP contribution in [0, 0.1) is 0 Å². The third-order valence-electron chi connectivity index (χ3n) is 2.26. The van der Waals surface area contributed by atoms with Gasteiger partial charge < -0.3 is 10.1 Å². The summed E-state index contributed by atoms with van der Waals surface area (Å²) in [5.74, 6) is 0.435. The van der Waals surface area contributed by atoms with Gasteiger partial charge in [-0.2, -0.15) is 0 Å². The molecule has 0 bridgehead atoms. The van der Waals surface area contributed by atoms with Gasteiger partial charge in [0, 0.05) is 23.2 Å². The van der Waals surface area contributed by atoms with Crippen LogP contribution in [0.15, 0.2) is 12.1 Å². The zero-order valence-corrected chi connectivity index (χ0v) is 7.66. The highest BCUT2D eigenvalue weighted by Gasteiger charge is 2.23. The summed E-state index contributed by atoms with van der Waals surface area (Å²) in [4.78, 5) is 21.9. The fourth-order valence-electron chi connectivity index (χ4n) is 1.57. The smallest absolute Gasteiger partial charge is 0.252 e. The molecule has 1 amide bonds. The predicted molar refractivity (Wildman–Crippen MR) is 49.6 cm³/mol. The first-order valence-electron chi connectivity index (χ1n) is 4.20. The quantitative estimate of drug-likeness (QED) is 0.702. The molecule has 4 heteroatoms. The molecule has 0 unspecified atom stereocenters. The third kappa shape index (κ3) is 1.16. The Morgan fingerprint density at radius 2 is 2.29 bits per heavy atom. The van der Waals surface area contributed by atoms with Gasteiger partial charge in [-0.3, -0.25) is 9.59 Å². The summed E-state index contributed by atoms with van der Waals surface area (Å²) < 4.78 is 5.10. The van der Waals surface area contributed by atoms with Crippen molar-refractivity contribution in [2.24, 2.45) is 0 Å². The van der Waals surface area contributed by atoms with Gasteiger partial charge in [0.1, 0.15) is 12.0 Å². The molecule has 0 aliphatic carbocycles. The summed E-state index contributed by atoms with van der Waals surface area (Å²) in [6.07, 6.45) is 0.703. The second-order valence-corrected chi connectivity index (χ2v) is 3.05. The maximum absolute atomic E-state index is 11.3. The SMILES string of the molecule is COc1cc(C=O)cc2c1CNC2=O. The summed E-state index contributed by atoms with van der Waals surface area (Å²) >= 11 is 0. The Labute approximate surface area is 80.9 Å². The zero-order chi connectivity index (χ0) is 10.1. The zero-order valence-electron chi connectivity index (χ0n) is 7.66. The third-order valence-corrected chi connectivity index (χ3v) is 2.26. The highest BCUT2D eigenvalue weighted by Crippen LogP contribution is 2.27. The molecule has 2 rings (SSSR count). The van der Waals surface area contributed by atoms with E-state index < -0.39 is 0 Å². The second kappa shape index (κ2) is 3.14. The van der Waals surface area contributed by atoms with Crippen LogP contribution < -0.4 is 10.1 Å². The van der Waals surface area contributed by atoms with Crippen molar-refractivity contribution in [2.45, 2.75) is 6.54 Å². The topological polar surface area (TPSA) is 55.4 Å². The molecule has 0 spiro atoms. The van der Waals surface area contributed by atoms with Gasteiger partial charge in [0.2, 0.25) is 0 Å². The summed E-state index contributed by atoms with van der Waals surface area (Å²) in [5, 5.41) is 2.68. The van der Waals surface area contributed by atoms with E-state index in [1.165, 1.54) is 7.11 Å². The van der Waals surface area contributed by atoms with Gasteiger partial charge in [-0.25, -0.2) is 0 Å². The van der Waals surface area contributed by atoms with Gasteiger partial charge in [0.15, 0.2) is 0 Å². The van der Waals surface area contributed by atoms with Crippen LogP contribution >= 0.6 is 0 Å². The first-order chi connectivity index (χ1) is 6.76. The van der Waals surface area contributed by atoms with Crippen molar-refractivity contribution >= 4 is 12.2 Å². The highest BCUT2D eigenvalue weighted by molar-refractivity contribution is 6.00. The predicted octanol–water partition coefficient (Wildman–Crippen LogP) is 0.751. The average molecular weight is 191 g/mol. The molecule has 0 radical (unpaired) electrons. The monoisotopic (exact) mass is 191 g/mol. The van der Waals surface area contributed by atoms with Crippen LogP contribution in [0.1, 0.15) is 26.3 Å². The lowest BCUT2D eigenvalue weighted by Gasteiger charge is -2.05. The number of hydrogen-bond acceptors (Lipinski definition) is 3. The number of nitrogens with one attached hydrogen (secondary N) is 1. The number of aldehydes is 1. The van der Waals surface area contributed by atoms with E-state index in [0.29, 0.717) is 29.7 Å². The van der Waals surface area contributed by atoms with E-state index >= 15 is 0 Å². The van der Waals surface area contributed by atoms with Crippen LogP contribution in [0.4, 0.5) is 0 Å². The Morgan fingerprint density at radius 1 is 1.50 bits per heavy atom. The number of carbonyl (C=O) groups excluding carboxylic acids is 2. The number of fused-ring (bicyclic) bond motifs is 1. The Morgan fingerprint density at radius 3 is 2.93 bits per heavy atom. The first-order valence-corrected chi connectivity index (χ1v) is 4.20. The molecule has 1 aliphatic heterocycles. The van der Waals surface area contributed by atoms with E-state index in [-0.39, 0.29) is 5.91 Å². The Kier molecular flexibility index (Phi) is 1.96. The summed E-state index contributed by atoms with van der Waals surface area (Å²) in [5.41, 5.74) is 1.81. The molecule has 0 aromatic heterocycles. The van der Waals surface area contributed by atoms with E-state index in [1.807, 2.05) is 0 Å². The fourth-order valence-corrected chi connectivity index (χ4v) is 1.57. The fraction of sp³-hybridized carbons (Fsp3) is 0.200. The van der Waals surface area contributed by atoms with Crippen LogP contribution in [-0.4, -0.2) is 19.3 Å². The Balaban J connectivity index is 2.63. The van der Waals surface area contributed by atoms with Gasteiger partial charge in [-0.1, -0.05) is 0 Å². The minimum Gasteiger partial charge on any atom is -0.496 e. The maximum atomic E-state index is 11.3. The highest BCUT2D eigenvalue weighted by atomic mass is 16.5. The average Bonchev–Trinajstić information content (AvgIpc) is 2.59. The van der Waals surface area contributed by atoms with Gasteiger partial charge in [-0.05, 0) is 12.1 Å². The van der Waals surface area contributed by atoms with Gasteiger partial charge >= 0.3 is 0 Å². The number of carbonyl (C=O) groups is 2. The molecule has 0 atom stereocenters. The molecule has 0 saturated carbocycles. The van der Waals surface area contributed by atoms with Gasteiger partial charge in [0.05, 0.1) is 7.11 Å². The molecule has 1 aromatic carbocycles. The van der Waals surface area contributed by atoms with E-state index in [9.17, 15) is 9.59 Å². The molecule has 0 fully saturated rings. The molecule has 14 heavy (non-hydrogen) atoms. The molecular formula is C10H9NO3. The number of ether oxygens (including phenoxy) is 1. The van der Waals surface area contributed by atoms with Crippen molar-refractivity contribution in [3.05, 3.63) is 28.8 Å². The van der Waals surface area contributed by atoms with Crippen molar-refractivity contribution in [3.63, 3.8) is 0 Å². The molecule has 72 valence electrons. The first kappa shape index (κ1) is 8.74. The standard InChI is InChI=1S/C10H9NO3/c1-14-9-3-6(5-12)2-7-8(9)4-11-10(7)13/h2-3,5H,4H2,1H3,(H,11,13). The molecule has 1 heterocycles. The van der Waals surface area contributed by atoms with E-state index in [0.717, 1.165) is 5.56 Å². The molecule has 1 aromatic rings. The van der Waals surface area contributed by atoms with Gasteiger partial charge in [0.25, 0.3) is 5.91 Å². The molecule has 1 aliphatic rings. The van der Waals surface area contributed by atoms with Crippen LogP contribution in [0.2, 0.25) is 0 Å². The van der Waals surface area contributed by atoms with Crippen molar-refractivity contribution in [1.82, 2.24) is 5.32 Å².